The number of nitrogens with one attached hydrogen (secondary N) is 2. The molecule has 1 heterocycles. The number of rotatable bonds is 6. The maximum Gasteiger partial charge on any atom is 0.341 e. The van der Waals surface area contributed by atoms with Crippen LogP contribution in [0, 0.1) is 5.82 Å². The zero-order valence-corrected chi connectivity index (χ0v) is 19.2. The number of benzene rings is 1. The molecule has 0 bridgehead atoms. The number of amides is 1. The van der Waals surface area contributed by atoms with Crippen LogP contribution in [0.1, 0.15) is 50.9 Å². The molecule has 3 rings (SSSR count). The van der Waals surface area contributed by atoms with Gasteiger partial charge in [0, 0.05) is 10.4 Å². The van der Waals surface area contributed by atoms with E-state index >= 15 is 0 Å². The van der Waals surface area contributed by atoms with Crippen LogP contribution in [0.2, 0.25) is 0 Å². The molecule has 1 aromatic heterocycles. The van der Waals surface area contributed by atoms with Crippen molar-refractivity contribution in [1.29, 1.82) is 0 Å². The molecule has 2 N–H and O–H groups in total. The molecule has 0 aliphatic heterocycles. The number of thiophene rings is 1. The largest absolute Gasteiger partial charge is 0.462 e. The third-order valence-electron chi connectivity index (χ3n) is 4.64. The normalized spacial score (nSPS) is 14.6. The topological polar surface area (TPSA) is 67.4 Å². The van der Waals surface area contributed by atoms with E-state index in [1.165, 1.54) is 35.6 Å². The Balaban J connectivity index is 1.90. The number of esters is 1. The van der Waals surface area contributed by atoms with Crippen LogP contribution in [0.25, 0.3) is 0 Å². The first kappa shape index (κ1) is 23.1. The van der Waals surface area contributed by atoms with Crippen LogP contribution in [0.3, 0.4) is 0 Å². The monoisotopic (exact) mass is 492 g/mol. The predicted octanol–water partition coefficient (Wildman–Crippen LogP) is 5.48. The van der Waals surface area contributed by atoms with Gasteiger partial charge in [0.05, 0.1) is 12.2 Å². The molecule has 0 radical (unpaired) electrons. The van der Waals surface area contributed by atoms with Crippen molar-refractivity contribution in [2.45, 2.75) is 42.6 Å². The second kappa shape index (κ2) is 9.73. The van der Waals surface area contributed by atoms with Crippen LogP contribution in [-0.2, 0) is 17.6 Å². The summed E-state index contributed by atoms with van der Waals surface area (Å²) in [6, 6.07) is 4.99. The number of hydrogen-bond acceptors (Lipinski definition) is 5. The zero-order valence-electron chi connectivity index (χ0n) is 16.1. The third kappa shape index (κ3) is 5.38. The van der Waals surface area contributed by atoms with Crippen LogP contribution in [0.5, 0.6) is 0 Å². The molecular weight excluding hydrogens is 474 g/mol. The Kier molecular flexibility index (Phi) is 7.50. The van der Waals surface area contributed by atoms with Crippen molar-refractivity contribution >= 4 is 63.0 Å². The highest BCUT2D eigenvalue weighted by Crippen LogP contribution is 2.40. The highest BCUT2D eigenvalue weighted by molar-refractivity contribution is 7.16. The average Bonchev–Trinajstić information content (AvgIpc) is 3.05. The van der Waals surface area contributed by atoms with E-state index in [4.69, 9.17) is 39.5 Å². The van der Waals surface area contributed by atoms with Crippen molar-refractivity contribution in [3.8, 4) is 0 Å². The molecule has 1 aliphatic carbocycles. The van der Waals surface area contributed by atoms with Crippen molar-refractivity contribution in [3.63, 3.8) is 0 Å². The molecule has 10 heteroatoms. The molecule has 1 amide bonds. The number of anilines is 1. The molecule has 0 spiro atoms. The summed E-state index contributed by atoms with van der Waals surface area (Å²) in [5.41, 5.74) is 1.57. The van der Waals surface area contributed by atoms with E-state index < -0.39 is 27.7 Å². The van der Waals surface area contributed by atoms with Gasteiger partial charge in [0.2, 0.25) is 3.79 Å². The number of hydrogen-bond donors (Lipinski definition) is 2. The van der Waals surface area contributed by atoms with Gasteiger partial charge in [0.15, 0.2) is 0 Å². The minimum absolute atomic E-state index is 0.202. The molecule has 162 valence electrons. The Labute approximate surface area is 192 Å². The summed E-state index contributed by atoms with van der Waals surface area (Å²) in [4.78, 5) is 26.3. The summed E-state index contributed by atoms with van der Waals surface area (Å²) in [7, 11) is 0. The van der Waals surface area contributed by atoms with Gasteiger partial charge >= 0.3 is 5.97 Å². The highest BCUT2D eigenvalue weighted by atomic mass is 35.6. The van der Waals surface area contributed by atoms with Crippen molar-refractivity contribution in [2.24, 2.45) is 0 Å². The van der Waals surface area contributed by atoms with Gasteiger partial charge in [-0.1, -0.05) is 34.8 Å². The number of fused-ring (bicyclic) bond motifs is 1. The predicted molar refractivity (Wildman–Crippen MR) is 118 cm³/mol. The highest BCUT2D eigenvalue weighted by Gasteiger charge is 2.37. The minimum Gasteiger partial charge on any atom is -0.462 e. The first-order valence-corrected chi connectivity index (χ1v) is 11.4. The van der Waals surface area contributed by atoms with Gasteiger partial charge < -0.3 is 15.4 Å². The second-order valence-corrected chi connectivity index (χ2v) is 10.2. The Bertz CT molecular complexity index is 929. The van der Waals surface area contributed by atoms with E-state index in [1.807, 2.05) is 0 Å². The minimum atomic E-state index is -1.92. The molecule has 0 fully saturated rings. The van der Waals surface area contributed by atoms with Crippen LogP contribution >= 0.6 is 46.1 Å². The molecule has 1 aliphatic rings. The lowest BCUT2D eigenvalue weighted by atomic mass is 9.95. The summed E-state index contributed by atoms with van der Waals surface area (Å²) >= 11 is 19.7. The lowest BCUT2D eigenvalue weighted by Gasteiger charge is -2.27. The number of alkyl halides is 3. The average molecular weight is 494 g/mol. The maximum absolute atomic E-state index is 13.1. The Morgan fingerprint density at radius 3 is 2.50 bits per heavy atom. The van der Waals surface area contributed by atoms with Crippen LogP contribution in [-0.4, -0.2) is 28.4 Å². The standard InChI is InChI=1S/C20H20Cl3FN2O3S/c1-2-29-18(28)15-13-5-3-4-6-14(13)30-17(15)26-19(20(21,22)23)25-16(27)11-7-9-12(24)10-8-11/h7-10,19,26H,2-6H2,1H3,(H,25,27)/t19-/m1/s1. The van der Waals surface area contributed by atoms with Crippen LogP contribution in [0.4, 0.5) is 9.39 Å². The zero-order chi connectivity index (χ0) is 21.9. The molecular formula is C20H20Cl3FN2O3S. The molecule has 30 heavy (non-hydrogen) atoms. The maximum atomic E-state index is 13.1. The Hall–Kier alpha value is -1.54. The molecule has 0 saturated heterocycles. The number of carbonyl (C=O) groups excluding carboxylic acids is 2. The molecule has 2 aromatic rings. The number of aryl methyl sites for hydroxylation is 1. The fourth-order valence-corrected chi connectivity index (χ4v) is 4.87. The van der Waals surface area contributed by atoms with E-state index in [1.54, 1.807) is 6.92 Å². The van der Waals surface area contributed by atoms with Gasteiger partial charge in [-0.3, -0.25) is 4.79 Å². The smallest absolute Gasteiger partial charge is 0.341 e. The van der Waals surface area contributed by atoms with Crippen LogP contribution < -0.4 is 10.6 Å². The van der Waals surface area contributed by atoms with E-state index in [0.29, 0.717) is 10.6 Å². The number of halogens is 4. The van der Waals surface area contributed by atoms with Gasteiger partial charge in [-0.05, 0) is 62.4 Å². The van der Waals surface area contributed by atoms with Crippen LogP contribution in [0.15, 0.2) is 24.3 Å². The SMILES string of the molecule is CCOC(=O)c1c(N[C@@H](NC(=O)c2ccc(F)cc2)C(Cl)(Cl)Cl)sc2c1CCCC2. The first-order chi connectivity index (χ1) is 14.2. The van der Waals surface area contributed by atoms with E-state index in [0.717, 1.165) is 36.1 Å². The summed E-state index contributed by atoms with van der Waals surface area (Å²) in [5.74, 6) is -1.48. The first-order valence-electron chi connectivity index (χ1n) is 9.42. The van der Waals surface area contributed by atoms with E-state index in [9.17, 15) is 14.0 Å². The lowest BCUT2D eigenvalue weighted by molar-refractivity contribution is 0.0526. The van der Waals surface area contributed by atoms with Gasteiger partial charge in [-0.25, -0.2) is 9.18 Å². The molecule has 1 atom stereocenters. The van der Waals surface area contributed by atoms with Crippen molar-refractivity contribution < 1.29 is 18.7 Å². The van der Waals surface area contributed by atoms with Crippen molar-refractivity contribution in [2.75, 3.05) is 11.9 Å². The van der Waals surface area contributed by atoms with E-state index in [2.05, 4.69) is 10.6 Å². The van der Waals surface area contributed by atoms with Gasteiger partial charge in [-0.2, -0.15) is 0 Å². The number of carbonyl (C=O) groups is 2. The lowest BCUT2D eigenvalue weighted by Crippen LogP contribution is -2.49. The Morgan fingerprint density at radius 2 is 1.87 bits per heavy atom. The second-order valence-electron chi connectivity index (χ2n) is 6.73. The Morgan fingerprint density at radius 1 is 1.20 bits per heavy atom. The summed E-state index contributed by atoms with van der Waals surface area (Å²) in [6.45, 7) is 1.97. The van der Waals surface area contributed by atoms with E-state index in [-0.39, 0.29) is 12.2 Å². The fraction of sp³-hybridized carbons (Fsp3) is 0.400. The molecule has 0 unspecified atom stereocenters. The summed E-state index contributed by atoms with van der Waals surface area (Å²) in [6.07, 6.45) is 2.49. The third-order valence-corrected chi connectivity index (χ3v) is 6.51. The summed E-state index contributed by atoms with van der Waals surface area (Å²) in [5, 5.41) is 6.10. The quantitative estimate of drug-likeness (QED) is 0.318. The fourth-order valence-electron chi connectivity index (χ4n) is 3.23. The van der Waals surface area contributed by atoms with Crippen molar-refractivity contribution in [1.82, 2.24) is 5.32 Å². The molecule has 1 aromatic carbocycles. The van der Waals surface area contributed by atoms with Gasteiger partial charge in [0.25, 0.3) is 5.91 Å². The van der Waals surface area contributed by atoms with Crippen molar-refractivity contribution in [3.05, 3.63) is 51.7 Å². The van der Waals surface area contributed by atoms with Gasteiger partial charge in [-0.15, -0.1) is 11.3 Å². The summed E-state index contributed by atoms with van der Waals surface area (Å²) < 4.78 is 16.4. The van der Waals surface area contributed by atoms with Gasteiger partial charge in [0.1, 0.15) is 17.0 Å². The number of ether oxygens (including phenoxy) is 1. The molecule has 0 saturated carbocycles. The molecule has 5 nitrogen and oxygen atoms in total.